The molecule has 0 bridgehead atoms. The molecule has 9 nitrogen and oxygen atoms in total. The van der Waals surface area contributed by atoms with Gasteiger partial charge in [0.2, 0.25) is 5.91 Å². The molecule has 130 valence electrons. The smallest absolute Gasteiger partial charge is 0.246 e. The summed E-state index contributed by atoms with van der Waals surface area (Å²) in [6.07, 6.45) is -0.156. The maximum absolute atomic E-state index is 11.2. The molecule has 0 aromatic carbocycles. The van der Waals surface area contributed by atoms with E-state index in [9.17, 15) is 20.1 Å². The second-order valence-electron chi connectivity index (χ2n) is 5.68. The highest BCUT2D eigenvalue weighted by Crippen LogP contribution is 2.27. The van der Waals surface area contributed by atoms with Crippen molar-refractivity contribution >= 4 is 5.91 Å². The lowest BCUT2D eigenvalue weighted by Crippen LogP contribution is -2.40. The van der Waals surface area contributed by atoms with Crippen LogP contribution in [0.15, 0.2) is 24.0 Å². The van der Waals surface area contributed by atoms with Gasteiger partial charge in [-0.2, -0.15) is 0 Å². The van der Waals surface area contributed by atoms with Gasteiger partial charge in [0.05, 0.1) is 12.6 Å². The Morgan fingerprint density at radius 2 is 2.22 bits per heavy atom. The Balaban J connectivity index is 2.00. The van der Waals surface area contributed by atoms with Crippen molar-refractivity contribution < 1.29 is 29.6 Å². The summed E-state index contributed by atoms with van der Waals surface area (Å²) in [4.78, 5) is 12.7. The first-order chi connectivity index (χ1) is 10.8. The molecule has 0 aliphatic carbocycles. The molecule has 2 aliphatic heterocycles. The Bertz CT molecular complexity index is 495. The topological polar surface area (TPSA) is 151 Å². The van der Waals surface area contributed by atoms with Crippen molar-refractivity contribution in [2.45, 2.75) is 50.2 Å². The first kappa shape index (κ1) is 17.9. The van der Waals surface area contributed by atoms with Crippen LogP contribution in [0.25, 0.3) is 0 Å². The maximum Gasteiger partial charge on any atom is 0.246 e. The van der Waals surface area contributed by atoms with Crippen LogP contribution in [0.1, 0.15) is 13.3 Å². The molecule has 6 atom stereocenters. The van der Waals surface area contributed by atoms with E-state index < -0.39 is 42.8 Å². The van der Waals surface area contributed by atoms with E-state index in [0.717, 1.165) is 0 Å². The molecular weight excluding hydrogens is 306 g/mol. The van der Waals surface area contributed by atoms with Gasteiger partial charge in [-0.3, -0.25) is 4.79 Å². The van der Waals surface area contributed by atoms with Crippen LogP contribution in [0.2, 0.25) is 0 Å². The summed E-state index contributed by atoms with van der Waals surface area (Å²) in [5.74, 6) is -0.563. The third-order valence-electron chi connectivity index (χ3n) is 3.75. The molecule has 1 saturated heterocycles. The van der Waals surface area contributed by atoms with E-state index in [1.807, 2.05) is 0 Å². The number of nitrogens with zero attached hydrogens (tertiary/aromatic N) is 1. The molecule has 0 saturated carbocycles. The summed E-state index contributed by atoms with van der Waals surface area (Å²) in [6, 6.07) is -0.597. The Morgan fingerprint density at radius 1 is 1.52 bits per heavy atom. The predicted molar refractivity (Wildman–Crippen MR) is 79.2 cm³/mol. The maximum atomic E-state index is 11.2. The monoisotopic (exact) mass is 329 g/mol. The number of nitrogens with two attached hydrogens (primary N) is 2. The summed E-state index contributed by atoms with van der Waals surface area (Å²) < 4.78 is 10.7. The number of aliphatic hydroxyl groups excluding tert-OH is 3. The second-order valence-corrected chi connectivity index (χ2v) is 5.68. The highest BCUT2D eigenvalue weighted by molar-refractivity contribution is 5.92. The van der Waals surface area contributed by atoms with E-state index in [2.05, 4.69) is 0 Å². The summed E-state index contributed by atoms with van der Waals surface area (Å²) in [5.41, 5.74) is 11.1. The SMILES string of the molecule is C[C@H](N)C(O)OC[C@H]1O[C@@H](N2C=CCC(C(N)=O)=C2)[C@H](O)[C@@H]1O. The minimum absolute atomic E-state index is 0.138. The fourth-order valence-electron chi connectivity index (χ4n) is 2.36. The lowest BCUT2D eigenvalue weighted by atomic mass is 10.1. The number of hydrogen-bond donors (Lipinski definition) is 5. The molecule has 9 heteroatoms. The molecule has 1 fully saturated rings. The molecule has 0 spiro atoms. The van der Waals surface area contributed by atoms with E-state index in [4.69, 9.17) is 20.9 Å². The van der Waals surface area contributed by atoms with Gasteiger partial charge in [0, 0.05) is 18.0 Å². The van der Waals surface area contributed by atoms with Gasteiger partial charge < -0.3 is 41.2 Å². The van der Waals surface area contributed by atoms with Crippen molar-refractivity contribution in [2.24, 2.45) is 11.5 Å². The Morgan fingerprint density at radius 3 is 2.83 bits per heavy atom. The minimum Gasteiger partial charge on any atom is -0.387 e. The number of allylic oxidation sites excluding steroid dienone is 1. The number of amides is 1. The van der Waals surface area contributed by atoms with Crippen LogP contribution in [0, 0.1) is 0 Å². The van der Waals surface area contributed by atoms with Crippen LogP contribution >= 0.6 is 0 Å². The molecule has 0 aromatic rings. The average molecular weight is 329 g/mol. The number of carbonyl (C=O) groups excluding carboxylic acids is 1. The van der Waals surface area contributed by atoms with Crippen LogP contribution in [0.4, 0.5) is 0 Å². The molecule has 1 unspecified atom stereocenters. The lowest BCUT2D eigenvalue weighted by molar-refractivity contribution is -0.151. The third-order valence-corrected chi connectivity index (χ3v) is 3.75. The molecule has 2 rings (SSSR count). The van der Waals surface area contributed by atoms with E-state index in [1.54, 1.807) is 19.2 Å². The second kappa shape index (κ2) is 7.39. The quantitative estimate of drug-likeness (QED) is 0.341. The van der Waals surface area contributed by atoms with Gasteiger partial charge in [-0.15, -0.1) is 0 Å². The standard InChI is InChI=1S/C14H23N3O6/c1-7(15)14(21)22-6-9-10(18)11(19)13(23-9)17-4-2-3-8(5-17)12(16)20/h2,4-5,7,9-11,13-14,18-19,21H,3,6,15H2,1H3,(H2,16,20)/t7-,9+,10+,11+,13+,14?/m0/s1. The van der Waals surface area contributed by atoms with Crippen LogP contribution < -0.4 is 11.5 Å². The lowest BCUT2D eigenvalue weighted by Gasteiger charge is -2.28. The van der Waals surface area contributed by atoms with E-state index >= 15 is 0 Å². The Hall–Kier alpha value is -1.49. The van der Waals surface area contributed by atoms with Gasteiger partial charge in [0.1, 0.15) is 18.3 Å². The minimum atomic E-state index is -1.22. The number of rotatable bonds is 6. The van der Waals surface area contributed by atoms with Gasteiger partial charge >= 0.3 is 0 Å². The fraction of sp³-hybridized carbons (Fsp3) is 0.643. The Labute approximate surface area is 133 Å². The van der Waals surface area contributed by atoms with Gasteiger partial charge in [-0.05, 0) is 13.3 Å². The molecule has 2 aliphatic rings. The fourth-order valence-corrected chi connectivity index (χ4v) is 2.36. The van der Waals surface area contributed by atoms with Crippen molar-refractivity contribution in [3.05, 3.63) is 24.0 Å². The van der Waals surface area contributed by atoms with E-state index in [-0.39, 0.29) is 6.61 Å². The van der Waals surface area contributed by atoms with Gasteiger partial charge in [0.15, 0.2) is 12.5 Å². The third kappa shape index (κ3) is 4.08. The first-order valence-corrected chi connectivity index (χ1v) is 7.32. The van der Waals surface area contributed by atoms with Crippen LogP contribution in [-0.4, -0.2) is 69.6 Å². The number of aliphatic hydroxyl groups is 3. The highest BCUT2D eigenvalue weighted by atomic mass is 16.6. The number of carbonyl (C=O) groups is 1. The van der Waals surface area contributed by atoms with Crippen LogP contribution in [0.3, 0.4) is 0 Å². The molecule has 1 amide bonds. The number of ether oxygens (including phenoxy) is 2. The van der Waals surface area contributed by atoms with Gasteiger partial charge in [-0.1, -0.05) is 6.08 Å². The number of hydrogen-bond acceptors (Lipinski definition) is 8. The number of primary amides is 1. The molecule has 7 N–H and O–H groups in total. The average Bonchev–Trinajstić information content (AvgIpc) is 2.80. The van der Waals surface area contributed by atoms with Gasteiger partial charge in [-0.25, -0.2) is 0 Å². The predicted octanol–water partition coefficient (Wildman–Crippen LogP) is -2.30. The normalized spacial score (nSPS) is 33.4. The zero-order chi connectivity index (χ0) is 17.1. The Kier molecular flexibility index (Phi) is 5.74. The van der Waals surface area contributed by atoms with Crippen molar-refractivity contribution in [3.63, 3.8) is 0 Å². The molecule has 2 heterocycles. The summed E-state index contributed by atoms with van der Waals surface area (Å²) in [6.45, 7) is 1.43. The summed E-state index contributed by atoms with van der Waals surface area (Å²) in [5, 5.41) is 29.7. The zero-order valence-corrected chi connectivity index (χ0v) is 12.8. The molecule has 0 radical (unpaired) electrons. The largest absolute Gasteiger partial charge is 0.387 e. The summed E-state index contributed by atoms with van der Waals surface area (Å²) in [7, 11) is 0. The van der Waals surface area contributed by atoms with Crippen molar-refractivity contribution in [1.82, 2.24) is 4.90 Å². The van der Waals surface area contributed by atoms with E-state index in [1.165, 1.54) is 11.1 Å². The van der Waals surface area contributed by atoms with Crippen LogP contribution in [-0.2, 0) is 14.3 Å². The van der Waals surface area contributed by atoms with Crippen LogP contribution in [0.5, 0.6) is 0 Å². The van der Waals surface area contributed by atoms with Crippen molar-refractivity contribution in [2.75, 3.05) is 6.61 Å². The summed E-state index contributed by atoms with van der Waals surface area (Å²) >= 11 is 0. The molecule has 0 aromatic heterocycles. The van der Waals surface area contributed by atoms with Crippen molar-refractivity contribution in [1.29, 1.82) is 0 Å². The van der Waals surface area contributed by atoms with E-state index in [0.29, 0.717) is 12.0 Å². The molecular formula is C14H23N3O6. The highest BCUT2D eigenvalue weighted by Gasteiger charge is 2.45. The van der Waals surface area contributed by atoms with Gasteiger partial charge in [0.25, 0.3) is 0 Å². The van der Waals surface area contributed by atoms with Crippen molar-refractivity contribution in [3.8, 4) is 0 Å². The molecule has 23 heavy (non-hydrogen) atoms. The zero-order valence-electron chi connectivity index (χ0n) is 12.8. The first-order valence-electron chi connectivity index (χ1n) is 7.32.